The predicted molar refractivity (Wildman–Crippen MR) is 95.1 cm³/mol. The molecule has 3 nitrogen and oxygen atoms in total. The van der Waals surface area contributed by atoms with E-state index in [0.717, 1.165) is 36.6 Å². The summed E-state index contributed by atoms with van der Waals surface area (Å²) in [7, 11) is 1.66. The lowest BCUT2D eigenvalue weighted by molar-refractivity contribution is -0.672. The van der Waals surface area contributed by atoms with E-state index in [0.29, 0.717) is 0 Å². The van der Waals surface area contributed by atoms with E-state index in [1.54, 1.807) is 13.4 Å². The minimum absolute atomic E-state index is 0.207. The zero-order chi connectivity index (χ0) is 17.5. The number of ether oxygens (including phenoxy) is 1. The van der Waals surface area contributed by atoms with Gasteiger partial charge in [-0.05, 0) is 47.5 Å². The maximum atomic E-state index is 13.3. The van der Waals surface area contributed by atoms with Crippen molar-refractivity contribution in [2.45, 2.75) is 18.9 Å². The van der Waals surface area contributed by atoms with Gasteiger partial charge in [0, 0.05) is 12.3 Å². The third-order valence-corrected chi connectivity index (χ3v) is 4.38. The lowest BCUT2D eigenvalue weighted by atomic mass is 9.88. The van der Waals surface area contributed by atoms with Crippen LogP contribution in [-0.2, 0) is 6.54 Å². The van der Waals surface area contributed by atoms with Crippen LogP contribution >= 0.6 is 0 Å². The molecule has 0 unspecified atom stereocenters. The minimum Gasteiger partial charge on any atom is -0.497 e. The average Bonchev–Trinajstić information content (AvgIpc) is 3.16. The Bertz CT molecular complexity index is 752. The zero-order valence-electron chi connectivity index (χ0n) is 14.3. The van der Waals surface area contributed by atoms with Crippen LogP contribution in [0.5, 0.6) is 5.75 Å². The van der Waals surface area contributed by atoms with E-state index in [1.165, 1.54) is 17.7 Å². The molecular weight excluding hydrogens is 317 g/mol. The fourth-order valence-corrected chi connectivity index (χ4v) is 3.01. The van der Waals surface area contributed by atoms with Crippen LogP contribution in [-0.4, -0.2) is 13.7 Å². The highest BCUT2D eigenvalue weighted by Crippen LogP contribution is 2.29. The lowest BCUT2D eigenvalue weighted by Crippen LogP contribution is -2.82. The van der Waals surface area contributed by atoms with Gasteiger partial charge in [0.25, 0.3) is 0 Å². The Kier molecular flexibility index (Phi) is 5.86. The van der Waals surface area contributed by atoms with Crippen molar-refractivity contribution in [3.8, 4) is 5.75 Å². The first-order chi connectivity index (χ1) is 12.3. The van der Waals surface area contributed by atoms with Gasteiger partial charge in [0.15, 0.2) is 5.76 Å². The number of nitrogens with two attached hydrogens (primary N) is 1. The summed E-state index contributed by atoms with van der Waals surface area (Å²) in [4.78, 5) is 0. The molecule has 0 amide bonds. The Morgan fingerprint density at radius 1 is 1.00 bits per heavy atom. The maximum absolute atomic E-state index is 13.3. The quantitative estimate of drug-likeness (QED) is 0.635. The van der Waals surface area contributed by atoms with Gasteiger partial charge in [0.1, 0.15) is 18.1 Å². The first-order valence-electron chi connectivity index (χ1n) is 8.49. The number of hydrogen-bond acceptors (Lipinski definition) is 2. The number of rotatable bonds is 8. The van der Waals surface area contributed by atoms with E-state index in [9.17, 15) is 4.39 Å². The van der Waals surface area contributed by atoms with Crippen LogP contribution in [0.4, 0.5) is 4.39 Å². The third-order valence-electron chi connectivity index (χ3n) is 4.38. The topological polar surface area (TPSA) is 39.0 Å². The maximum Gasteiger partial charge on any atom is 0.157 e. The molecule has 0 aliphatic heterocycles. The molecule has 0 saturated heterocycles. The molecule has 4 heteroatoms. The number of methoxy groups -OCH3 is 1. The average molecular weight is 340 g/mol. The summed E-state index contributed by atoms with van der Waals surface area (Å²) in [6, 6.07) is 18.8. The van der Waals surface area contributed by atoms with E-state index in [-0.39, 0.29) is 11.7 Å². The normalized spacial score (nSPS) is 12.1. The van der Waals surface area contributed by atoms with Crippen molar-refractivity contribution in [1.82, 2.24) is 0 Å². The molecule has 1 heterocycles. The van der Waals surface area contributed by atoms with Crippen molar-refractivity contribution in [3.63, 3.8) is 0 Å². The second-order valence-electron chi connectivity index (χ2n) is 6.03. The number of halogens is 1. The van der Waals surface area contributed by atoms with E-state index in [4.69, 9.17) is 9.15 Å². The van der Waals surface area contributed by atoms with Crippen molar-refractivity contribution < 1.29 is 18.9 Å². The first-order valence-corrected chi connectivity index (χ1v) is 8.49. The summed E-state index contributed by atoms with van der Waals surface area (Å²) >= 11 is 0. The first kappa shape index (κ1) is 17.2. The van der Waals surface area contributed by atoms with Crippen molar-refractivity contribution >= 4 is 0 Å². The van der Waals surface area contributed by atoms with Crippen LogP contribution in [0.25, 0.3) is 0 Å². The van der Waals surface area contributed by atoms with Crippen molar-refractivity contribution in [1.29, 1.82) is 0 Å². The van der Waals surface area contributed by atoms with Gasteiger partial charge in [-0.1, -0.05) is 24.3 Å². The Labute approximate surface area is 147 Å². The number of benzene rings is 2. The number of quaternary nitrogens is 1. The summed E-state index contributed by atoms with van der Waals surface area (Å²) in [5.41, 5.74) is 2.33. The summed E-state index contributed by atoms with van der Waals surface area (Å²) in [6.07, 6.45) is 2.65. The van der Waals surface area contributed by atoms with Crippen LogP contribution in [0.15, 0.2) is 71.3 Å². The second-order valence-corrected chi connectivity index (χ2v) is 6.03. The van der Waals surface area contributed by atoms with Crippen molar-refractivity contribution in [3.05, 3.63) is 89.6 Å². The second kappa shape index (κ2) is 8.49. The molecular formula is C21H23FNO2+. The van der Waals surface area contributed by atoms with E-state index in [1.807, 2.05) is 36.4 Å². The van der Waals surface area contributed by atoms with Gasteiger partial charge in [-0.15, -0.1) is 0 Å². The Morgan fingerprint density at radius 3 is 2.28 bits per heavy atom. The fraction of sp³-hybridized carbons (Fsp3) is 0.238. The number of furan rings is 1. The molecule has 2 N–H and O–H groups in total. The van der Waals surface area contributed by atoms with E-state index < -0.39 is 0 Å². The smallest absolute Gasteiger partial charge is 0.157 e. The predicted octanol–water partition coefficient (Wildman–Crippen LogP) is 3.71. The largest absolute Gasteiger partial charge is 0.497 e. The highest BCUT2D eigenvalue weighted by molar-refractivity contribution is 5.36. The minimum atomic E-state index is -0.207. The monoisotopic (exact) mass is 340 g/mol. The molecule has 130 valence electrons. The van der Waals surface area contributed by atoms with Crippen LogP contribution < -0.4 is 10.1 Å². The summed E-state index contributed by atoms with van der Waals surface area (Å²) in [5, 5.41) is 2.24. The molecule has 1 atom stereocenters. The molecule has 0 spiro atoms. The molecule has 0 bridgehead atoms. The van der Waals surface area contributed by atoms with Crippen LogP contribution in [0.3, 0.4) is 0 Å². The molecule has 0 radical (unpaired) electrons. The molecule has 0 fully saturated rings. The van der Waals surface area contributed by atoms with Crippen molar-refractivity contribution in [2.24, 2.45) is 0 Å². The Morgan fingerprint density at radius 2 is 1.68 bits per heavy atom. The van der Waals surface area contributed by atoms with Gasteiger partial charge >= 0.3 is 0 Å². The van der Waals surface area contributed by atoms with E-state index in [2.05, 4.69) is 17.4 Å². The standard InChI is InChI=1S/C21H22FNO2/c1-24-19-10-6-17(7-11-19)21(16-4-8-18(22)9-5-16)12-13-23-15-20-3-2-14-25-20/h2-11,14,21,23H,12-13,15H2,1H3/p+1/t21-/m0/s1. The summed E-state index contributed by atoms with van der Waals surface area (Å²) in [6.45, 7) is 1.78. The highest BCUT2D eigenvalue weighted by atomic mass is 19.1. The van der Waals surface area contributed by atoms with Gasteiger partial charge in [-0.3, -0.25) is 0 Å². The van der Waals surface area contributed by atoms with Gasteiger partial charge in [0.2, 0.25) is 0 Å². The third kappa shape index (κ3) is 4.70. The van der Waals surface area contributed by atoms with Crippen molar-refractivity contribution in [2.75, 3.05) is 13.7 Å². The van der Waals surface area contributed by atoms with Crippen LogP contribution in [0.2, 0.25) is 0 Å². The van der Waals surface area contributed by atoms with Gasteiger partial charge in [-0.2, -0.15) is 0 Å². The summed E-state index contributed by atoms with van der Waals surface area (Å²) in [5.74, 6) is 1.83. The molecule has 1 aromatic heterocycles. The Balaban J connectivity index is 1.70. The highest BCUT2D eigenvalue weighted by Gasteiger charge is 2.15. The number of hydrogen-bond donors (Lipinski definition) is 1. The molecule has 25 heavy (non-hydrogen) atoms. The molecule has 0 aliphatic carbocycles. The van der Waals surface area contributed by atoms with E-state index >= 15 is 0 Å². The SMILES string of the molecule is COc1ccc([C@@H](CC[NH2+]Cc2ccco2)c2ccc(F)cc2)cc1. The molecule has 2 aromatic carbocycles. The Hall–Kier alpha value is -2.59. The van der Waals surface area contributed by atoms with Crippen LogP contribution in [0.1, 0.15) is 29.2 Å². The fourth-order valence-electron chi connectivity index (χ4n) is 3.01. The molecule has 0 saturated carbocycles. The molecule has 3 aromatic rings. The van der Waals surface area contributed by atoms with Crippen LogP contribution in [0, 0.1) is 5.82 Å². The lowest BCUT2D eigenvalue weighted by Gasteiger charge is -2.18. The zero-order valence-corrected chi connectivity index (χ0v) is 14.3. The molecule has 0 aliphatic rings. The van der Waals surface area contributed by atoms with Gasteiger partial charge < -0.3 is 14.5 Å². The molecule has 3 rings (SSSR count). The summed E-state index contributed by atoms with van der Waals surface area (Å²) < 4.78 is 23.9. The van der Waals surface area contributed by atoms with Gasteiger partial charge in [-0.25, -0.2) is 4.39 Å². The van der Waals surface area contributed by atoms with Gasteiger partial charge in [0.05, 0.1) is 19.9 Å².